The second-order valence-electron chi connectivity index (χ2n) is 3.38. The van der Waals surface area contributed by atoms with Gasteiger partial charge in [-0.25, -0.2) is 4.39 Å². The number of amides is 1. The molecular formula is C11H15FN2OS. The molecule has 0 saturated carbocycles. The van der Waals surface area contributed by atoms with Crippen LogP contribution in [-0.4, -0.2) is 30.2 Å². The lowest BCUT2D eigenvalue weighted by Gasteiger charge is -2.14. The number of hydrogen-bond acceptors (Lipinski definition) is 3. The lowest BCUT2D eigenvalue weighted by molar-refractivity contribution is -0.126. The van der Waals surface area contributed by atoms with Crippen molar-refractivity contribution in [2.24, 2.45) is 0 Å². The topological polar surface area (TPSA) is 46.3 Å². The highest BCUT2D eigenvalue weighted by atomic mass is 32.2. The summed E-state index contributed by atoms with van der Waals surface area (Å²) in [7, 11) is 1.73. The zero-order valence-electron chi connectivity index (χ0n) is 9.37. The molecule has 0 aliphatic rings. The molecule has 0 radical (unpaired) electrons. The van der Waals surface area contributed by atoms with Crippen LogP contribution in [0.3, 0.4) is 0 Å². The highest BCUT2D eigenvalue weighted by Crippen LogP contribution is 2.25. The number of hydrogen-bond donors (Lipinski definition) is 1. The number of nitrogens with two attached hydrogens (primary N) is 1. The van der Waals surface area contributed by atoms with Crippen LogP contribution in [0, 0.1) is 5.82 Å². The van der Waals surface area contributed by atoms with Crippen LogP contribution in [0.25, 0.3) is 0 Å². The Morgan fingerprint density at radius 3 is 2.88 bits per heavy atom. The number of nitrogen functional groups attached to an aromatic ring is 1. The van der Waals surface area contributed by atoms with Gasteiger partial charge < -0.3 is 10.6 Å². The maximum absolute atomic E-state index is 12.9. The monoisotopic (exact) mass is 242 g/mol. The number of nitrogens with zero attached hydrogens (tertiary/aromatic N) is 1. The first-order valence-electron chi connectivity index (χ1n) is 4.96. The van der Waals surface area contributed by atoms with Crippen molar-refractivity contribution in [3.8, 4) is 0 Å². The zero-order valence-corrected chi connectivity index (χ0v) is 10.2. The molecule has 1 rings (SSSR count). The van der Waals surface area contributed by atoms with Crippen LogP contribution in [0.4, 0.5) is 10.1 Å². The molecule has 0 aliphatic carbocycles. The first-order chi connectivity index (χ1) is 7.54. The number of rotatable bonds is 4. The molecule has 88 valence electrons. The largest absolute Gasteiger partial charge is 0.398 e. The van der Waals surface area contributed by atoms with Gasteiger partial charge in [-0.15, -0.1) is 11.8 Å². The molecule has 2 N–H and O–H groups in total. The molecule has 1 amide bonds. The summed E-state index contributed by atoms with van der Waals surface area (Å²) < 4.78 is 12.9. The van der Waals surface area contributed by atoms with Gasteiger partial charge in [0.1, 0.15) is 5.82 Å². The van der Waals surface area contributed by atoms with Crippen LogP contribution < -0.4 is 5.73 Å². The Morgan fingerprint density at radius 1 is 1.56 bits per heavy atom. The van der Waals surface area contributed by atoms with E-state index in [0.717, 1.165) is 0 Å². The molecule has 0 saturated heterocycles. The normalized spacial score (nSPS) is 10.2. The van der Waals surface area contributed by atoms with Crippen molar-refractivity contribution in [1.82, 2.24) is 4.90 Å². The second kappa shape index (κ2) is 5.75. The highest BCUT2D eigenvalue weighted by molar-refractivity contribution is 8.00. The third kappa shape index (κ3) is 3.41. The van der Waals surface area contributed by atoms with Gasteiger partial charge >= 0.3 is 0 Å². The quantitative estimate of drug-likeness (QED) is 0.648. The van der Waals surface area contributed by atoms with E-state index in [2.05, 4.69) is 0 Å². The predicted octanol–water partition coefficient (Wildman–Crippen LogP) is 1.98. The van der Waals surface area contributed by atoms with Crippen molar-refractivity contribution in [3.63, 3.8) is 0 Å². The maximum atomic E-state index is 12.9. The third-order valence-corrected chi connectivity index (χ3v) is 3.28. The fourth-order valence-corrected chi connectivity index (χ4v) is 1.99. The SMILES string of the molecule is CCN(C)C(=O)CSc1cc(F)ccc1N. The molecule has 0 bridgehead atoms. The van der Waals surface area contributed by atoms with Gasteiger partial charge in [0.25, 0.3) is 0 Å². The summed E-state index contributed by atoms with van der Waals surface area (Å²) in [5.41, 5.74) is 6.17. The van der Waals surface area contributed by atoms with Gasteiger partial charge in [0.05, 0.1) is 5.75 Å². The first-order valence-corrected chi connectivity index (χ1v) is 5.95. The van der Waals surface area contributed by atoms with E-state index in [1.807, 2.05) is 6.92 Å². The maximum Gasteiger partial charge on any atom is 0.232 e. The molecule has 3 nitrogen and oxygen atoms in total. The van der Waals surface area contributed by atoms with E-state index in [-0.39, 0.29) is 17.5 Å². The fraction of sp³-hybridized carbons (Fsp3) is 0.364. The minimum absolute atomic E-state index is 0.0103. The van der Waals surface area contributed by atoms with Crippen molar-refractivity contribution in [2.45, 2.75) is 11.8 Å². The molecule has 0 spiro atoms. The lowest BCUT2D eigenvalue weighted by atomic mass is 10.3. The number of halogens is 1. The Bertz CT molecular complexity index is 384. The first kappa shape index (κ1) is 12.8. The summed E-state index contributed by atoms with van der Waals surface area (Å²) in [6, 6.07) is 4.16. The number of anilines is 1. The third-order valence-electron chi connectivity index (χ3n) is 2.23. The summed E-state index contributed by atoms with van der Waals surface area (Å²) in [5.74, 6) is -0.0537. The Labute approximate surface area is 98.8 Å². The molecule has 1 aromatic carbocycles. The van der Waals surface area contributed by atoms with Gasteiger partial charge in [-0.05, 0) is 25.1 Å². The predicted molar refractivity (Wildman–Crippen MR) is 64.8 cm³/mol. The summed E-state index contributed by atoms with van der Waals surface area (Å²) >= 11 is 1.26. The summed E-state index contributed by atoms with van der Waals surface area (Å²) in [6.45, 7) is 2.57. The van der Waals surface area contributed by atoms with E-state index in [4.69, 9.17) is 5.73 Å². The van der Waals surface area contributed by atoms with Crippen LogP contribution in [0.5, 0.6) is 0 Å². The van der Waals surface area contributed by atoms with Crippen LogP contribution in [-0.2, 0) is 4.79 Å². The van der Waals surface area contributed by atoms with Gasteiger partial charge in [-0.1, -0.05) is 0 Å². The smallest absolute Gasteiger partial charge is 0.232 e. The Morgan fingerprint density at radius 2 is 2.25 bits per heavy atom. The second-order valence-corrected chi connectivity index (χ2v) is 4.40. The van der Waals surface area contributed by atoms with Gasteiger partial charge in [-0.2, -0.15) is 0 Å². The summed E-state index contributed by atoms with van der Waals surface area (Å²) in [5, 5.41) is 0. The number of thioether (sulfide) groups is 1. The molecule has 5 heteroatoms. The highest BCUT2D eigenvalue weighted by Gasteiger charge is 2.09. The fourth-order valence-electron chi connectivity index (χ4n) is 1.06. The van der Waals surface area contributed by atoms with E-state index < -0.39 is 0 Å². The number of carbonyl (C=O) groups excluding carboxylic acids is 1. The van der Waals surface area contributed by atoms with Crippen molar-refractivity contribution >= 4 is 23.4 Å². The molecule has 0 unspecified atom stereocenters. The molecule has 16 heavy (non-hydrogen) atoms. The molecular weight excluding hydrogens is 227 g/mol. The van der Waals surface area contributed by atoms with Crippen LogP contribution in [0.2, 0.25) is 0 Å². The Balaban J connectivity index is 2.61. The van der Waals surface area contributed by atoms with E-state index >= 15 is 0 Å². The Kier molecular flexibility index (Phi) is 4.61. The van der Waals surface area contributed by atoms with Crippen molar-refractivity contribution in [3.05, 3.63) is 24.0 Å². The van der Waals surface area contributed by atoms with Gasteiger partial charge in [0.15, 0.2) is 0 Å². The van der Waals surface area contributed by atoms with E-state index in [9.17, 15) is 9.18 Å². The van der Waals surface area contributed by atoms with E-state index in [1.165, 1.54) is 30.0 Å². The van der Waals surface area contributed by atoms with Crippen LogP contribution in [0.15, 0.2) is 23.1 Å². The van der Waals surface area contributed by atoms with Gasteiger partial charge in [0, 0.05) is 24.2 Å². The van der Waals surface area contributed by atoms with Crippen molar-refractivity contribution in [1.29, 1.82) is 0 Å². The van der Waals surface area contributed by atoms with Crippen molar-refractivity contribution < 1.29 is 9.18 Å². The minimum atomic E-state index is -0.340. The summed E-state index contributed by atoms with van der Waals surface area (Å²) in [4.78, 5) is 13.7. The molecule has 0 aromatic heterocycles. The lowest BCUT2D eigenvalue weighted by Crippen LogP contribution is -2.27. The average molecular weight is 242 g/mol. The number of carbonyl (C=O) groups is 1. The molecule has 0 atom stereocenters. The van der Waals surface area contributed by atoms with Gasteiger partial charge in [-0.3, -0.25) is 4.79 Å². The number of benzene rings is 1. The van der Waals surface area contributed by atoms with Crippen LogP contribution in [0.1, 0.15) is 6.92 Å². The molecule has 0 aliphatic heterocycles. The standard InChI is InChI=1S/C11H15FN2OS/c1-3-14(2)11(15)7-16-10-6-8(12)4-5-9(10)13/h4-6H,3,7,13H2,1-2H3. The van der Waals surface area contributed by atoms with Crippen molar-refractivity contribution in [2.75, 3.05) is 25.1 Å². The zero-order chi connectivity index (χ0) is 12.1. The summed E-state index contributed by atoms with van der Waals surface area (Å²) in [6.07, 6.45) is 0. The molecule has 0 heterocycles. The van der Waals surface area contributed by atoms with E-state index in [1.54, 1.807) is 11.9 Å². The van der Waals surface area contributed by atoms with E-state index in [0.29, 0.717) is 17.1 Å². The molecule has 0 fully saturated rings. The minimum Gasteiger partial charge on any atom is -0.398 e. The van der Waals surface area contributed by atoms with Gasteiger partial charge in [0.2, 0.25) is 5.91 Å². The molecule has 1 aromatic rings. The van der Waals surface area contributed by atoms with Crippen LogP contribution >= 0.6 is 11.8 Å². The average Bonchev–Trinajstić information content (AvgIpc) is 2.28. The Hall–Kier alpha value is -1.23.